The second-order valence-corrected chi connectivity index (χ2v) is 7.88. The van der Waals surface area contributed by atoms with Gasteiger partial charge in [0.2, 0.25) is 0 Å². The first kappa shape index (κ1) is 24.9. The molecule has 0 atom stereocenters. The lowest BCUT2D eigenvalue weighted by atomic mass is 10.1. The van der Waals surface area contributed by atoms with E-state index in [2.05, 4.69) is 19.6 Å². The van der Waals surface area contributed by atoms with Crippen LogP contribution in [0.3, 0.4) is 0 Å². The lowest BCUT2D eigenvalue weighted by Gasteiger charge is -2.10. The number of fused-ring (bicyclic) bond motifs is 3. The molecule has 0 unspecified atom stereocenters. The van der Waals surface area contributed by atoms with Gasteiger partial charge in [-0.2, -0.15) is 0 Å². The SMILES string of the molecule is COc1ccc2c3ccnc(C)c3n(CCNC(=O)OC/C=C/c3cccc(OC(F)(F)F)c3)c2c1. The summed E-state index contributed by atoms with van der Waals surface area (Å²) in [5.74, 6) is 0.406. The highest BCUT2D eigenvalue weighted by Crippen LogP contribution is 2.32. The average Bonchev–Trinajstić information content (AvgIpc) is 3.15. The van der Waals surface area contributed by atoms with Crippen LogP contribution < -0.4 is 14.8 Å². The van der Waals surface area contributed by atoms with Crippen LogP contribution in [-0.2, 0) is 11.3 Å². The zero-order valence-electron chi connectivity index (χ0n) is 19.6. The lowest BCUT2D eigenvalue weighted by Crippen LogP contribution is -2.28. The molecule has 0 bridgehead atoms. The zero-order valence-corrected chi connectivity index (χ0v) is 19.6. The Hall–Kier alpha value is -4.21. The largest absolute Gasteiger partial charge is 0.573 e. The summed E-state index contributed by atoms with van der Waals surface area (Å²) in [4.78, 5) is 16.5. The summed E-state index contributed by atoms with van der Waals surface area (Å²) >= 11 is 0. The summed E-state index contributed by atoms with van der Waals surface area (Å²) in [5.41, 5.74) is 3.30. The topological polar surface area (TPSA) is 74.6 Å². The number of nitrogens with zero attached hydrogens (tertiary/aromatic N) is 2. The average molecular weight is 499 g/mol. The number of methoxy groups -OCH3 is 1. The van der Waals surface area contributed by atoms with E-state index in [1.54, 1.807) is 19.4 Å². The highest BCUT2D eigenvalue weighted by molar-refractivity contribution is 6.09. The van der Waals surface area contributed by atoms with Gasteiger partial charge in [-0.25, -0.2) is 4.79 Å². The minimum absolute atomic E-state index is 0.0498. The highest BCUT2D eigenvalue weighted by atomic mass is 19.4. The number of aromatic nitrogens is 2. The predicted octanol–water partition coefficient (Wildman–Crippen LogP) is 5.84. The molecule has 0 aliphatic rings. The summed E-state index contributed by atoms with van der Waals surface area (Å²) in [7, 11) is 1.61. The molecule has 0 aliphatic carbocycles. The van der Waals surface area contributed by atoms with Gasteiger partial charge in [-0.3, -0.25) is 4.98 Å². The van der Waals surface area contributed by atoms with E-state index >= 15 is 0 Å². The molecule has 4 aromatic rings. The molecular weight excluding hydrogens is 475 g/mol. The minimum Gasteiger partial charge on any atom is -0.497 e. The molecule has 4 rings (SSSR count). The fourth-order valence-corrected chi connectivity index (χ4v) is 4.00. The molecule has 0 radical (unpaired) electrons. The van der Waals surface area contributed by atoms with Crippen molar-refractivity contribution in [1.29, 1.82) is 0 Å². The maximum Gasteiger partial charge on any atom is 0.573 e. The Morgan fingerprint density at radius 2 is 1.94 bits per heavy atom. The molecule has 0 saturated heterocycles. The van der Waals surface area contributed by atoms with Gasteiger partial charge in [0, 0.05) is 36.1 Å². The van der Waals surface area contributed by atoms with Gasteiger partial charge in [0.1, 0.15) is 18.1 Å². The van der Waals surface area contributed by atoms with E-state index in [9.17, 15) is 18.0 Å². The number of aryl methyl sites for hydroxylation is 1. The van der Waals surface area contributed by atoms with Crippen molar-refractivity contribution in [1.82, 2.24) is 14.9 Å². The van der Waals surface area contributed by atoms with E-state index < -0.39 is 12.5 Å². The number of hydrogen-bond acceptors (Lipinski definition) is 5. The number of benzene rings is 2. The second-order valence-electron chi connectivity index (χ2n) is 7.88. The number of pyridine rings is 1. The van der Waals surface area contributed by atoms with Gasteiger partial charge in [0.05, 0.1) is 23.8 Å². The fourth-order valence-electron chi connectivity index (χ4n) is 4.00. The zero-order chi connectivity index (χ0) is 25.7. The molecule has 188 valence electrons. The van der Waals surface area contributed by atoms with Crippen LogP contribution in [0, 0.1) is 6.92 Å². The van der Waals surface area contributed by atoms with Crippen LogP contribution >= 0.6 is 0 Å². The molecule has 0 spiro atoms. The Bertz CT molecular complexity index is 1410. The number of hydrogen-bond donors (Lipinski definition) is 1. The number of rotatable bonds is 8. The lowest BCUT2D eigenvalue weighted by molar-refractivity contribution is -0.274. The van der Waals surface area contributed by atoms with Crippen LogP contribution in [0.15, 0.2) is 60.8 Å². The first-order valence-electron chi connectivity index (χ1n) is 11.1. The quantitative estimate of drug-likeness (QED) is 0.330. The summed E-state index contributed by atoms with van der Waals surface area (Å²) in [6, 6.07) is 13.3. The monoisotopic (exact) mass is 499 g/mol. The van der Waals surface area contributed by atoms with Crippen LogP contribution in [0.25, 0.3) is 27.9 Å². The Labute approximate surface area is 205 Å². The van der Waals surface area contributed by atoms with Gasteiger partial charge in [-0.1, -0.05) is 18.2 Å². The molecule has 2 aromatic heterocycles. The Morgan fingerprint density at radius 3 is 2.72 bits per heavy atom. The predicted molar refractivity (Wildman–Crippen MR) is 130 cm³/mol. The molecule has 0 fully saturated rings. The molecule has 2 heterocycles. The standard InChI is InChI=1S/C26H24F3N3O4/c1-17-24-22(10-11-30-17)21-9-8-19(34-2)16-23(21)32(24)13-12-31-25(33)35-14-4-6-18-5-3-7-20(15-18)36-26(27,28)29/h3-11,15-16H,12-14H2,1-2H3,(H,31,33)/b6-4+. The van der Waals surface area contributed by atoms with Crippen molar-refractivity contribution in [3.63, 3.8) is 0 Å². The van der Waals surface area contributed by atoms with Gasteiger partial charge < -0.3 is 24.1 Å². The van der Waals surface area contributed by atoms with E-state index in [0.29, 0.717) is 18.7 Å². The van der Waals surface area contributed by atoms with Crippen LogP contribution in [0.1, 0.15) is 11.3 Å². The fraction of sp³-hybridized carbons (Fsp3) is 0.231. The number of alkyl carbamates (subject to hydrolysis) is 1. The van der Waals surface area contributed by atoms with E-state index in [1.165, 1.54) is 30.4 Å². The second kappa shape index (κ2) is 10.6. The maximum absolute atomic E-state index is 12.4. The van der Waals surface area contributed by atoms with Crippen molar-refractivity contribution in [3.8, 4) is 11.5 Å². The van der Waals surface area contributed by atoms with E-state index in [1.807, 2.05) is 31.2 Å². The maximum atomic E-state index is 12.4. The van der Waals surface area contributed by atoms with Crippen LogP contribution in [0.2, 0.25) is 0 Å². The Kier molecular flexibility index (Phi) is 7.33. The summed E-state index contributed by atoms with van der Waals surface area (Å²) < 4.78 is 53.6. The number of ether oxygens (including phenoxy) is 3. The molecule has 1 N–H and O–H groups in total. The molecule has 36 heavy (non-hydrogen) atoms. The van der Waals surface area contributed by atoms with Crippen molar-refractivity contribution in [3.05, 3.63) is 72.1 Å². The first-order valence-corrected chi connectivity index (χ1v) is 11.1. The molecule has 0 saturated carbocycles. The summed E-state index contributed by atoms with van der Waals surface area (Å²) in [6.07, 6.45) is -0.529. The number of nitrogens with one attached hydrogen (secondary N) is 1. The first-order chi connectivity index (χ1) is 17.2. The summed E-state index contributed by atoms with van der Waals surface area (Å²) in [5, 5.41) is 4.85. The van der Waals surface area contributed by atoms with Gasteiger partial charge in [0.25, 0.3) is 0 Å². The Morgan fingerprint density at radius 1 is 1.11 bits per heavy atom. The molecule has 2 aromatic carbocycles. The third-order valence-corrected chi connectivity index (χ3v) is 5.48. The third-order valence-electron chi connectivity index (χ3n) is 5.48. The van der Waals surface area contributed by atoms with Crippen molar-refractivity contribution >= 4 is 34.0 Å². The molecular formula is C26H24F3N3O4. The number of amides is 1. The summed E-state index contributed by atoms with van der Waals surface area (Å²) in [6.45, 7) is 2.68. The molecule has 0 aliphatic heterocycles. The third kappa shape index (κ3) is 5.88. The highest BCUT2D eigenvalue weighted by Gasteiger charge is 2.31. The van der Waals surface area contributed by atoms with Gasteiger partial charge in [-0.05, 0) is 48.9 Å². The number of carbonyl (C=O) groups is 1. The van der Waals surface area contributed by atoms with Crippen molar-refractivity contribution in [2.45, 2.75) is 19.8 Å². The minimum atomic E-state index is -4.76. The van der Waals surface area contributed by atoms with Gasteiger partial charge in [0.15, 0.2) is 0 Å². The normalized spacial score (nSPS) is 11.8. The van der Waals surface area contributed by atoms with E-state index in [0.717, 1.165) is 33.2 Å². The van der Waals surface area contributed by atoms with E-state index in [4.69, 9.17) is 9.47 Å². The number of halogens is 3. The van der Waals surface area contributed by atoms with E-state index in [-0.39, 0.29) is 12.4 Å². The van der Waals surface area contributed by atoms with Crippen LogP contribution in [-0.4, -0.2) is 42.3 Å². The number of alkyl halides is 3. The molecule has 1 amide bonds. The van der Waals surface area contributed by atoms with Crippen LogP contribution in [0.4, 0.5) is 18.0 Å². The molecule has 10 heteroatoms. The van der Waals surface area contributed by atoms with Gasteiger partial charge in [-0.15, -0.1) is 13.2 Å². The Balaban J connectivity index is 1.35. The molecule has 7 nitrogen and oxygen atoms in total. The van der Waals surface area contributed by atoms with Crippen molar-refractivity contribution in [2.24, 2.45) is 0 Å². The van der Waals surface area contributed by atoms with Gasteiger partial charge >= 0.3 is 12.5 Å². The van der Waals surface area contributed by atoms with Crippen molar-refractivity contribution < 1.29 is 32.2 Å². The number of carbonyl (C=O) groups excluding carboxylic acids is 1. The smallest absolute Gasteiger partial charge is 0.497 e. The van der Waals surface area contributed by atoms with Crippen molar-refractivity contribution in [2.75, 3.05) is 20.3 Å². The van der Waals surface area contributed by atoms with Crippen LogP contribution in [0.5, 0.6) is 11.5 Å².